The molecular weight excluding hydrogens is 180 g/mol. The maximum Gasteiger partial charge on any atom is 0.518 e. The van der Waals surface area contributed by atoms with Gasteiger partial charge < -0.3 is 9.47 Å². The first kappa shape index (κ1) is 12.2. The van der Waals surface area contributed by atoms with Crippen molar-refractivity contribution < 1.29 is 14.3 Å². The Morgan fingerprint density at radius 1 is 1.00 bits per heavy atom. The van der Waals surface area contributed by atoms with E-state index in [1.165, 1.54) is 12.5 Å². The van der Waals surface area contributed by atoms with E-state index in [4.69, 9.17) is 0 Å². The number of rotatable bonds is 6. The van der Waals surface area contributed by atoms with Gasteiger partial charge in [0.15, 0.2) is 0 Å². The maximum atomic E-state index is 10.8. The summed E-state index contributed by atoms with van der Waals surface area (Å²) in [5.74, 6) is 0. The van der Waals surface area contributed by atoms with Gasteiger partial charge >= 0.3 is 6.16 Å². The van der Waals surface area contributed by atoms with Crippen molar-refractivity contribution in [1.82, 2.24) is 0 Å². The summed E-state index contributed by atoms with van der Waals surface area (Å²) < 4.78 is 9.12. The van der Waals surface area contributed by atoms with Gasteiger partial charge in [0, 0.05) is 0 Å². The van der Waals surface area contributed by atoms with Crippen LogP contribution in [0.5, 0.6) is 0 Å². The molecule has 0 aromatic rings. The number of hydrogen-bond acceptors (Lipinski definition) is 3. The second-order valence-electron chi connectivity index (χ2n) is 2.28. The summed E-state index contributed by atoms with van der Waals surface area (Å²) in [7, 11) is 0. The van der Waals surface area contributed by atoms with Crippen LogP contribution in [0.1, 0.15) is 12.8 Å². The zero-order chi connectivity index (χ0) is 10.6. The van der Waals surface area contributed by atoms with Crippen molar-refractivity contribution >= 4 is 6.16 Å². The Morgan fingerprint density at radius 3 is 1.79 bits per heavy atom. The van der Waals surface area contributed by atoms with Gasteiger partial charge in [-0.05, 0) is 25.0 Å². The molecule has 0 heterocycles. The molecule has 0 aromatic carbocycles. The second-order valence-corrected chi connectivity index (χ2v) is 2.28. The van der Waals surface area contributed by atoms with Crippen LogP contribution in [0.4, 0.5) is 4.79 Å². The minimum atomic E-state index is -0.759. The first-order valence-corrected chi connectivity index (χ1v) is 4.20. The molecule has 0 N–H and O–H groups in total. The van der Waals surface area contributed by atoms with E-state index >= 15 is 0 Å². The Bertz CT molecular complexity index is 215. The summed E-state index contributed by atoms with van der Waals surface area (Å²) in [5, 5.41) is 0. The van der Waals surface area contributed by atoms with Crippen LogP contribution in [0.2, 0.25) is 0 Å². The lowest BCUT2D eigenvalue weighted by Crippen LogP contribution is -1.97. The van der Waals surface area contributed by atoms with Crippen LogP contribution in [0, 0.1) is 0 Å². The highest BCUT2D eigenvalue weighted by Gasteiger charge is 1.95. The second kappa shape index (κ2) is 9.32. The summed E-state index contributed by atoms with van der Waals surface area (Å²) in [6.45, 7) is 7.01. The number of allylic oxidation sites excluding steroid dienone is 4. The van der Waals surface area contributed by atoms with Gasteiger partial charge in [-0.2, -0.15) is 0 Å². The van der Waals surface area contributed by atoms with Crippen molar-refractivity contribution in [3.8, 4) is 0 Å². The van der Waals surface area contributed by atoms with Crippen molar-refractivity contribution in [1.29, 1.82) is 0 Å². The molecule has 0 fully saturated rings. The standard InChI is InChI=1S/C11H14O3/c1-3-5-7-9-13-11(12)14-10-8-6-4-2/h3-4,7-10H,1-2,5-6H2/b9-7+,10-8+. The Kier molecular flexibility index (Phi) is 8.14. The van der Waals surface area contributed by atoms with Crippen molar-refractivity contribution in [2.75, 3.05) is 0 Å². The van der Waals surface area contributed by atoms with E-state index in [0.717, 1.165) is 0 Å². The van der Waals surface area contributed by atoms with Crippen LogP contribution in [-0.4, -0.2) is 6.16 Å². The average molecular weight is 194 g/mol. The molecule has 0 aromatic heterocycles. The van der Waals surface area contributed by atoms with Gasteiger partial charge in [-0.1, -0.05) is 12.2 Å². The smallest absolute Gasteiger partial charge is 0.403 e. The molecule has 0 amide bonds. The van der Waals surface area contributed by atoms with E-state index in [0.29, 0.717) is 12.8 Å². The minimum Gasteiger partial charge on any atom is -0.403 e. The van der Waals surface area contributed by atoms with Gasteiger partial charge in [0.05, 0.1) is 12.5 Å². The molecule has 0 bridgehead atoms. The van der Waals surface area contributed by atoms with Crippen LogP contribution in [0.15, 0.2) is 50.0 Å². The first-order chi connectivity index (χ1) is 6.81. The van der Waals surface area contributed by atoms with Gasteiger partial charge in [0.25, 0.3) is 0 Å². The summed E-state index contributed by atoms with van der Waals surface area (Å²) in [6, 6.07) is 0. The number of carbonyl (C=O) groups is 1. The molecule has 0 spiro atoms. The van der Waals surface area contributed by atoms with Crippen LogP contribution in [0.3, 0.4) is 0 Å². The molecule has 3 nitrogen and oxygen atoms in total. The Morgan fingerprint density at radius 2 is 1.43 bits per heavy atom. The Hall–Kier alpha value is -1.77. The lowest BCUT2D eigenvalue weighted by molar-refractivity contribution is 0.119. The molecule has 0 aliphatic heterocycles. The molecule has 0 unspecified atom stereocenters. The lowest BCUT2D eigenvalue weighted by Gasteiger charge is -1.95. The summed E-state index contributed by atoms with van der Waals surface area (Å²) in [6.07, 6.45) is 9.77. The zero-order valence-electron chi connectivity index (χ0n) is 8.02. The summed E-state index contributed by atoms with van der Waals surface area (Å²) in [4.78, 5) is 10.8. The topological polar surface area (TPSA) is 35.5 Å². The molecule has 76 valence electrons. The predicted molar refractivity (Wildman–Crippen MR) is 55.5 cm³/mol. The molecule has 3 heteroatoms. The SMILES string of the molecule is C=CC/C=C/OC(=O)O/C=C/CC=C. The minimum absolute atomic E-state index is 0.652. The normalized spacial score (nSPS) is 10.3. The largest absolute Gasteiger partial charge is 0.518 e. The monoisotopic (exact) mass is 194 g/mol. The van der Waals surface area contributed by atoms with Gasteiger partial charge in [-0.15, -0.1) is 13.2 Å². The molecule has 0 aliphatic carbocycles. The van der Waals surface area contributed by atoms with E-state index in [-0.39, 0.29) is 0 Å². The highest BCUT2D eigenvalue weighted by molar-refractivity contribution is 5.61. The van der Waals surface area contributed by atoms with E-state index < -0.39 is 6.16 Å². The van der Waals surface area contributed by atoms with Crippen molar-refractivity contribution in [3.63, 3.8) is 0 Å². The van der Waals surface area contributed by atoms with E-state index in [1.54, 1.807) is 24.3 Å². The molecular formula is C11H14O3. The maximum absolute atomic E-state index is 10.8. The summed E-state index contributed by atoms with van der Waals surface area (Å²) >= 11 is 0. The van der Waals surface area contributed by atoms with Crippen LogP contribution < -0.4 is 0 Å². The van der Waals surface area contributed by atoms with Crippen LogP contribution in [0.25, 0.3) is 0 Å². The molecule has 0 saturated heterocycles. The van der Waals surface area contributed by atoms with Crippen molar-refractivity contribution in [2.45, 2.75) is 12.8 Å². The number of hydrogen-bond donors (Lipinski definition) is 0. The third-order valence-corrected chi connectivity index (χ3v) is 1.13. The fourth-order valence-corrected chi connectivity index (χ4v) is 0.539. The van der Waals surface area contributed by atoms with Crippen molar-refractivity contribution in [2.24, 2.45) is 0 Å². The quantitative estimate of drug-likeness (QED) is 0.369. The molecule has 0 atom stereocenters. The van der Waals surface area contributed by atoms with Crippen molar-refractivity contribution in [3.05, 3.63) is 50.0 Å². The molecule has 0 radical (unpaired) electrons. The highest BCUT2D eigenvalue weighted by atomic mass is 16.7. The van der Waals surface area contributed by atoms with Crippen LogP contribution in [-0.2, 0) is 9.47 Å². The Balaban J connectivity index is 3.54. The van der Waals surface area contributed by atoms with Gasteiger partial charge in [0.1, 0.15) is 0 Å². The third kappa shape index (κ3) is 8.33. The predicted octanol–water partition coefficient (Wildman–Crippen LogP) is 3.32. The Labute approximate surface area is 84.0 Å². The van der Waals surface area contributed by atoms with E-state index in [2.05, 4.69) is 22.6 Å². The lowest BCUT2D eigenvalue weighted by atomic mass is 10.4. The third-order valence-electron chi connectivity index (χ3n) is 1.13. The van der Waals surface area contributed by atoms with E-state index in [9.17, 15) is 4.79 Å². The first-order valence-electron chi connectivity index (χ1n) is 4.20. The number of ether oxygens (including phenoxy) is 2. The molecule has 0 saturated carbocycles. The van der Waals surface area contributed by atoms with E-state index in [1.807, 2.05) is 0 Å². The van der Waals surface area contributed by atoms with Gasteiger partial charge in [-0.25, -0.2) is 4.79 Å². The average Bonchev–Trinajstić information content (AvgIpc) is 2.19. The zero-order valence-corrected chi connectivity index (χ0v) is 8.02. The number of carbonyl (C=O) groups excluding carboxylic acids is 1. The summed E-state index contributed by atoms with van der Waals surface area (Å²) in [5.41, 5.74) is 0. The molecule has 0 aliphatic rings. The molecule has 14 heavy (non-hydrogen) atoms. The fraction of sp³-hybridized carbons (Fsp3) is 0.182. The molecule has 0 rings (SSSR count). The van der Waals surface area contributed by atoms with Gasteiger partial charge in [-0.3, -0.25) is 0 Å². The fourth-order valence-electron chi connectivity index (χ4n) is 0.539. The van der Waals surface area contributed by atoms with Crippen LogP contribution >= 0.6 is 0 Å². The highest BCUT2D eigenvalue weighted by Crippen LogP contribution is 1.91. The van der Waals surface area contributed by atoms with Gasteiger partial charge in [0.2, 0.25) is 0 Å².